The smallest absolute Gasteiger partial charge is 0.408 e. The van der Waals surface area contributed by atoms with E-state index in [1.807, 2.05) is 6.07 Å². The Kier molecular flexibility index (Phi) is 8.83. The highest BCUT2D eigenvalue weighted by atomic mass is 16.5. The summed E-state index contributed by atoms with van der Waals surface area (Å²) in [6, 6.07) is 13.6. The zero-order valence-electron chi connectivity index (χ0n) is 17.4. The third kappa shape index (κ3) is 7.31. The van der Waals surface area contributed by atoms with Crippen LogP contribution in [0.4, 0.5) is 4.79 Å². The minimum Gasteiger partial charge on any atom is -0.496 e. The maximum Gasteiger partial charge on any atom is 0.408 e. The lowest BCUT2D eigenvalue weighted by molar-refractivity contribution is -0.130. The lowest BCUT2D eigenvalue weighted by Crippen LogP contribution is -2.57. The first-order valence-electron chi connectivity index (χ1n) is 9.68. The molecule has 2 aromatic carbocycles. The molecule has 0 saturated carbocycles. The minimum atomic E-state index is -1.34. The van der Waals surface area contributed by atoms with Crippen molar-refractivity contribution >= 4 is 17.9 Å². The number of amides is 3. The molecule has 0 aliphatic rings. The number of alkyl carbamates (subject to hydrolysis) is 1. The highest BCUT2D eigenvalue weighted by Crippen LogP contribution is 2.19. The van der Waals surface area contributed by atoms with E-state index in [-0.39, 0.29) is 13.0 Å². The number of para-hydroxylation sites is 1. The largest absolute Gasteiger partial charge is 0.496 e. The van der Waals surface area contributed by atoms with Crippen molar-refractivity contribution in [3.63, 3.8) is 0 Å². The monoisotopic (exact) mass is 429 g/mol. The molecule has 3 atom stereocenters. The number of methoxy groups -OCH3 is 1. The van der Waals surface area contributed by atoms with E-state index in [4.69, 9.17) is 15.2 Å². The Balaban J connectivity index is 2.01. The summed E-state index contributed by atoms with van der Waals surface area (Å²) in [6.07, 6.45) is -2.05. The topological polar surface area (TPSA) is 140 Å². The zero-order valence-corrected chi connectivity index (χ0v) is 17.4. The average Bonchev–Trinajstić information content (AvgIpc) is 2.76. The Morgan fingerprint density at radius 1 is 1.03 bits per heavy atom. The van der Waals surface area contributed by atoms with E-state index >= 15 is 0 Å². The van der Waals surface area contributed by atoms with Gasteiger partial charge in [-0.05, 0) is 24.1 Å². The molecule has 0 aliphatic carbocycles. The van der Waals surface area contributed by atoms with E-state index in [1.165, 1.54) is 14.0 Å². The fourth-order valence-electron chi connectivity index (χ4n) is 2.87. The van der Waals surface area contributed by atoms with Crippen molar-refractivity contribution in [2.75, 3.05) is 7.11 Å². The van der Waals surface area contributed by atoms with Crippen LogP contribution in [0.5, 0.6) is 5.75 Å². The Hall–Kier alpha value is -3.59. The van der Waals surface area contributed by atoms with Gasteiger partial charge in [-0.2, -0.15) is 0 Å². The molecule has 0 heterocycles. The number of rotatable bonds is 10. The number of benzene rings is 2. The predicted molar refractivity (Wildman–Crippen MR) is 113 cm³/mol. The Bertz CT molecular complexity index is 888. The lowest BCUT2D eigenvalue weighted by atomic mass is 10.0. The van der Waals surface area contributed by atoms with Crippen molar-refractivity contribution in [1.29, 1.82) is 0 Å². The van der Waals surface area contributed by atoms with E-state index in [1.54, 1.807) is 48.5 Å². The molecule has 3 amide bonds. The van der Waals surface area contributed by atoms with Gasteiger partial charge in [0.1, 0.15) is 24.4 Å². The number of hydrogen-bond acceptors (Lipinski definition) is 6. The van der Waals surface area contributed by atoms with Crippen LogP contribution in [0.15, 0.2) is 54.6 Å². The molecule has 9 heteroatoms. The van der Waals surface area contributed by atoms with E-state index in [2.05, 4.69) is 10.6 Å². The molecule has 0 aromatic heterocycles. The standard InChI is InChI=1S/C22H27N3O6/c1-14(26)19(25-22(29)31-13-15-8-4-3-5-9-15)21(28)24-17(20(23)27)12-16-10-6-7-11-18(16)30-2/h3-11,14,17,19,26H,12-13H2,1-2H3,(H2,23,27)(H,24,28)(H,25,29)/t14-,17-,19+/m1/s1. The van der Waals surface area contributed by atoms with Crippen molar-refractivity contribution < 1.29 is 29.0 Å². The second kappa shape index (κ2) is 11.6. The van der Waals surface area contributed by atoms with Crippen LogP contribution >= 0.6 is 0 Å². The molecular weight excluding hydrogens is 402 g/mol. The number of hydrogen-bond donors (Lipinski definition) is 4. The maximum atomic E-state index is 12.7. The molecule has 0 bridgehead atoms. The number of primary amides is 1. The lowest BCUT2D eigenvalue weighted by Gasteiger charge is -2.24. The van der Waals surface area contributed by atoms with Gasteiger partial charge in [-0.3, -0.25) is 9.59 Å². The van der Waals surface area contributed by atoms with Gasteiger partial charge in [-0.1, -0.05) is 48.5 Å². The number of aliphatic hydroxyl groups is 1. The van der Waals surface area contributed by atoms with E-state index in [0.29, 0.717) is 11.3 Å². The average molecular weight is 429 g/mol. The van der Waals surface area contributed by atoms with Gasteiger partial charge in [-0.25, -0.2) is 4.79 Å². The Morgan fingerprint density at radius 3 is 2.29 bits per heavy atom. The number of nitrogens with one attached hydrogen (secondary N) is 2. The van der Waals surface area contributed by atoms with Crippen LogP contribution in [-0.2, 0) is 27.4 Å². The Morgan fingerprint density at radius 2 is 1.68 bits per heavy atom. The van der Waals surface area contributed by atoms with Crippen molar-refractivity contribution in [1.82, 2.24) is 10.6 Å². The van der Waals surface area contributed by atoms with Gasteiger partial charge in [0, 0.05) is 6.42 Å². The third-order valence-corrected chi connectivity index (χ3v) is 4.53. The van der Waals surface area contributed by atoms with Gasteiger partial charge in [0.2, 0.25) is 11.8 Å². The number of ether oxygens (including phenoxy) is 2. The Labute approximate surface area is 180 Å². The first kappa shape index (κ1) is 23.7. The fourth-order valence-corrected chi connectivity index (χ4v) is 2.87. The van der Waals surface area contributed by atoms with Crippen molar-refractivity contribution in [2.45, 2.75) is 38.1 Å². The van der Waals surface area contributed by atoms with Crippen LogP contribution in [0.2, 0.25) is 0 Å². The number of carbonyl (C=O) groups excluding carboxylic acids is 3. The van der Waals surface area contributed by atoms with Crippen LogP contribution in [-0.4, -0.2) is 48.3 Å². The molecule has 0 aliphatic heterocycles. The summed E-state index contributed by atoms with van der Waals surface area (Å²) in [4.78, 5) is 36.7. The van der Waals surface area contributed by atoms with Gasteiger partial charge in [0.15, 0.2) is 0 Å². The second-order valence-corrected chi connectivity index (χ2v) is 6.90. The predicted octanol–water partition coefficient (Wildman–Crippen LogP) is 0.884. The maximum absolute atomic E-state index is 12.7. The van der Waals surface area contributed by atoms with Crippen LogP contribution in [0.3, 0.4) is 0 Å². The summed E-state index contributed by atoms with van der Waals surface area (Å²) < 4.78 is 10.3. The van der Waals surface area contributed by atoms with Crippen molar-refractivity contribution in [3.05, 3.63) is 65.7 Å². The van der Waals surface area contributed by atoms with Crippen LogP contribution in [0, 0.1) is 0 Å². The molecule has 0 radical (unpaired) electrons. The van der Waals surface area contributed by atoms with Gasteiger partial charge in [0.05, 0.1) is 13.2 Å². The highest BCUT2D eigenvalue weighted by molar-refractivity contribution is 5.91. The minimum absolute atomic E-state index is 0.00145. The highest BCUT2D eigenvalue weighted by Gasteiger charge is 2.30. The fraction of sp³-hybridized carbons (Fsp3) is 0.318. The molecule has 31 heavy (non-hydrogen) atoms. The summed E-state index contributed by atoms with van der Waals surface area (Å²) in [5.41, 5.74) is 6.87. The summed E-state index contributed by atoms with van der Waals surface area (Å²) >= 11 is 0. The van der Waals surface area contributed by atoms with Gasteiger partial charge in [0.25, 0.3) is 0 Å². The van der Waals surface area contributed by atoms with E-state index < -0.39 is 36.1 Å². The second-order valence-electron chi connectivity index (χ2n) is 6.90. The van der Waals surface area contributed by atoms with E-state index in [0.717, 1.165) is 5.56 Å². The third-order valence-electron chi connectivity index (χ3n) is 4.53. The summed E-state index contributed by atoms with van der Waals surface area (Å²) in [6.45, 7) is 1.33. The molecular formula is C22H27N3O6. The zero-order chi connectivity index (χ0) is 22.8. The van der Waals surface area contributed by atoms with Gasteiger partial charge >= 0.3 is 6.09 Å². The number of carbonyl (C=O) groups is 3. The summed E-state index contributed by atoms with van der Waals surface area (Å²) in [5.74, 6) is -1.00. The first-order valence-corrected chi connectivity index (χ1v) is 9.68. The SMILES string of the molecule is COc1ccccc1C[C@@H](NC(=O)[C@@H](NC(=O)OCc1ccccc1)[C@@H](C)O)C(N)=O. The molecule has 0 spiro atoms. The number of nitrogens with two attached hydrogens (primary N) is 1. The molecule has 166 valence electrons. The number of aliphatic hydroxyl groups excluding tert-OH is 1. The van der Waals surface area contributed by atoms with Crippen LogP contribution in [0.25, 0.3) is 0 Å². The van der Waals surface area contributed by atoms with Gasteiger partial charge < -0.3 is 30.9 Å². The van der Waals surface area contributed by atoms with Gasteiger partial charge in [-0.15, -0.1) is 0 Å². The summed E-state index contributed by atoms with van der Waals surface area (Å²) in [7, 11) is 1.49. The van der Waals surface area contributed by atoms with Crippen molar-refractivity contribution in [2.24, 2.45) is 5.73 Å². The van der Waals surface area contributed by atoms with Crippen molar-refractivity contribution in [3.8, 4) is 5.75 Å². The molecule has 2 rings (SSSR count). The molecule has 0 unspecified atom stereocenters. The normalized spacial score (nSPS) is 13.4. The quantitative estimate of drug-likeness (QED) is 0.442. The molecule has 2 aromatic rings. The first-order chi connectivity index (χ1) is 14.8. The molecule has 5 N–H and O–H groups in total. The summed E-state index contributed by atoms with van der Waals surface area (Å²) in [5, 5.41) is 14.8. The molecule has 9 nitrogen and oxygen atoms in total. The molecule has 0 fully saturated rings. The van der Waals surface area contributed by atoms with E-state index in [9.17, 15) is 19.5 Å². The molecule has 0 saturated heterocycles. The van der Waals surface area contributed by atoms with Crippen LogP contribution < -0.4 is 21.1 Å². The van der Waals surface area contributed by atoms with Crippen LogP contribution in [0.1, 0.15) is 18.1 Å².